The number of aryl methyl sites for hydroxylation is 1. The third kappa shape index (κ3) is 6.09. The molecule has 0 aliphatic carbocycles. The summed E-state index contributed by atoms with van der Waals surface area (Å²) < 4.78 is 32.1. The summed E-state index contributed by atoms with van der Waals surface area (Å²) in [7, 11) is -3.58. The Morgan fingerprint density at radius 3 is 2.44 bits per heavy atom. The quantitative estimate of drug-likeness (QED) is 0.642. The molecule has 1 aromatic carbocycles. The molecule has 0 aliphatic heterocycles. The molecular weight excluding hydrogens is 340 g/mol. The van der Waals surface area contributed by atoms with Crippen LogP contribution in [0.4, 0.5) is 0 Å². The Hall–Kier alpha value is -1.44. The molecule has 25 heavy (non-hydrogen) atoms. The van der Waals surface area contributed by atoms with Crippen molar-refractivity contribution in [1.82, 2.24) is 9.62 Å². The lowest BCUT2D eigenvalue weighted by molar-refractivity contribution is 0.0757. The molecule has 0 unspecified atom stereocenters. The first kappa shape index (κ1) is 21.6. The first-order valence-electron chi connectivity index (χ1n) is 8.74. The van der Waals surface area contributed by atoms with E-state index in [1.807, 2.05) is 13.8 Å². The predicted molar refractivity (Wildman–Crippen MR) is 99.3 cm³/mol. The van der Waals surface area contributed by atoms with Gasteiger partial charge in [-0.2, -0.15) is 4.31 Å². The highest BCUT2D eigenvalue weighted by molar-refractivity contribution is 7.89. The summed E-state index contributed by atoms with van der Waals surface area (Å²) in [5.74, 6) is -0.265. The summed E-state index contributed by atoms with van der Waals surface area (Å²) in [6, 6.07) is 4.69. The molecule has 0 aromatic heterocycles. The number of nitrogens with zero attached hydrogens (tertiary/aromatic N) is 1. The van der Waals surface area contributed by atoms with Gasteiger partial charge in [-0.25, -0.2) is 8.42 Å². The Balaban J connectivity index is 2.86. The Morgan fingerprint density at radius 1 is 1.24 bits per heavy atom. The second kappa shape index (κ2) is 9.89. The number of rotatable bonds is 10. The van der Waals surface area contributed by atoms with Crippen molar-refractivity contribution in [3.63, 3.8) is 0 Å². The van der Waals surface area contributed by atoms with Crippen LogP contribution in [0.25, 0.3) is 0 Å². The van der Waals surface area contributed by atoms with Crippen LogP contribution in [0.5, 0.6) is 0 Å². The van der Waals surface area contributed by atoms with Crippen LogP contribution < -0.4 is 5.32 Å². The van der Waals surface area contributed by atoms with Crippen LogP contribution in [0.3, 0.4) is 0 Å². The second-order valence-electron chi connectivity index (χ2n) is 6.10. The maximum atomic E-state index is 12.6. The number of sulfonamides is 1. The Labute approximate surface area is 151 Å². The molecule has 0 heterocycles. The number of carbonyl (C=O) groups is 1. The van der Waals surface area contributed by atoms with E-state index in [2.05, 4.69) is 5.32 Å². The van der Waals surface area contributed by atoms with Gasteiger partial charge in [0.05, 0.1) is 11.0 Å². The highest BCUT2D eigenvalue weighted by Gasteiger charge is 2.23. The minimum Gasteiger partial charge on any atom is -0.379 e. The van der Waals surface area contributed by atoms with E-state index < -0.39 is 10.0 Å². The molecule has 1 rings (SSSR count). The van der Waals surface area contributed by atoms with Crippen LogP contribution >= 0.6 is 0 Å². The molecule has 0 bridgehead atoms. The van der Waals surface area contributed by atoms with Crippen molar-refractivity contribution in [2.24, 2.45) is 0 Å². The first-order chi connectivity index (χ1) is 11.7. The van der Waals surface area contributed by atoms with E-state index in [1.54, 1.807) is 32.9 Å². The molecule has 0 aliphatic rings. The van der Waals surface area contributed by atoms with E-state index in [1.165, 1.54) is 10.4 Å². The van der Waals surface area contributed by atoms with Gasteiger partial charge in [0, 0.05) is 31.8 Å². The zero-order valence-electron chi connectivity index (χ0n) is 15.8. The molecule has 0 saturated heterocycles. The fourth-order valence-electron chi connectivity index (χ4n) is 2.41. The SMILES string of the molecule is CCN(CC)S(=O)(=O)c1ccc(C)c(C(=O)NCCCOC(C)C)c1. The maximum absolute atomic E-state index is 12.6. The van der Waals surface area contributed by atoms with Crippen LogP contribution in [-0.2, 0) is 14.8 Å². The monoisotopic (exact) mass is 370 g/mol. The number of amides is 1. The summed E-state index contributed by atoms with van der Waals surface area (Å²) in [5, 5.41) is 2.82. The van der Waals surface area contributed by atoms with E-state index in [0.29, 0.717) is 38.2 Å². The zero-order valence-corrected chi connectivity index (χ0v) is 16.6. The van der Waals surface area contributed by atoms with Crippen LogP contribution in [0.2, 0.25) is 0 Å². The Bertz CT molecular complexity index is 668. The first-order valence-corrected chi connectivity index (χ1v) is 10.2. The average molecular weight is 371 g/mol. The van der Waals surface area contributed by atoms with Crippen molar-refractivity contribution in [1.29, 1.82) is 0 Å². The van der Waals surface area contributed by atoms with E-state index in [4.69, 9.17) is 4.74 Å². The minimum absolute atomic E-state index is 0.148. The van der Waals surface area contributed by atoms with Crippen molar-refractivity contribution in [3.05, 3.63) is 29.3 Å². The molecule has 1 N–H and O–H groups in total. The van der Waals surface area contributed by atoms with Gasteiger partial charge in [0.2, 0.25) is 10.0 Å². The van der Waals surface area contributed by atoms with Crippen LogP contribution in [0.15, 0.2) is 23.1 Å². The van der Waals surface area contributed by atoms with Crippen molar-refractivity contribution >= 4 is 15.9 Å². The van der Waals surface area contributed by atoms with Gasteiger partial charge in [0.15, 0.2) is 0 Å². The van der Waals surface area contributed by atoms with Crippen molar-refractivity contribution in [2.45, 2.75) is 52.0 Å². The van der Waals surface area contributed by atoms with Crippen molar-refractivity contribution in [2.75, 3.05) is 26.2 Å². The fourth-order valence-corrected chi connectivity index (χ4v) is 3.89. The average Bonchev–Trinajstić information content (AvgIpc) is 2.55. The summed E-state index contributed by atoms with van der Waals surface area (Å²) in [6.45, 7) is 11.2. The van der Waals surface area contributed by atoms with E-state index in [-0.39, 0.29) is 16.9 Å². The molecule has 1 amide bonds. The van der Waals surface area contributed by atoms with Crippen molar-refractivity contribution < 1.29 is 17.9 Å². The van der Waals surface area contributed by atoms with Crippen LogP contribution in [-0.4, -0.2) is 51.0 Å². The molecule has 6 nitrogen and oxygen atoms in total. The maximum Gasteiger partial charge on any atom is 0.251 e. The third-order valence-electron chi connectivity index (χ3n) is 3.85. The molecule has 0 radical (unpaired) electrons. The zero-order chi connectivity index (χ0) is 19.0. The lowest BCUT2D eigenvalue weighted by Crippen LogP contribution is -2.31. The van der Waals surface area contributed by atoms with Gasteiger partial charge in [0.25, 0.3) is 5.91 Å². The summed E-state index contributed by atoms with van der Waals surface area (Å²) in [4.78, 5) is 12.5. The third-order valence-corrected chi connectivity index (χ3v) is 5.90. The lowest BCUT2D eigenvalue weighted by Gasteiger charge is -2.19. The van der Waals surface area contributed by atoms with Gasteiger partial charge < -0.3 is 10.1 Å². The number of hydrogen-bond donors (Lipinski definition) is 1. The largest absolute Gasteiger partial charge is 0.379 e. The number of ether oxygens (including phenoxy) is 1. The minimum atomic E-state index is -3.58. The molecule has 1 aromatic rings. The molecular formula is C18H30N2O4S. The van der Waals surface area contributed by atoms with Crippen molar-refractivity contribution in [3.8, 4) is 0 Å². The second-order valence-corrected chi connectivity index (χ2v) is 8.03. The summed E-state index contributed by atoms with van der Waals surface area (Å²) in [6.07, 6.45) is 0.875. The molecule has 142 valence electrons. The standard InChI is InChI=1S/C18H30N2O4S/c1-6-20(7-2)25(22,23)16-10-9-15(5)17(13-16)18(21)19-11-8-12-24-14(3)4/h9-10,13-14H,6-8,11-12H2,1-5H3,(H,19,21). The van der Waals surface area contributed by atoms with Gasteiger partial charge in [-0.05, 0) is 44.9 Å². The van der Waals surface area contributed by atoms with Gasteiger partial charge >= 0.3 is 0 Å². The predicted octanol–water partition coefficient (Wildman–Crippen LogP) is 2.57. The number of hydrogen-bond acceptors (Lipinski definition) is 4. The Kier molecular flexibility index (Phi) is 8.55. The van der Waals surface area contributed by atoms with E-state index >= 15 is 0 Å². The summed E-state index contributed by atoms with van der Waals surface area (Å²) in [5.41, 5.74) is 1.13. The highest BCUT2D eigenvalue weighted by Crippen LogP contribution is 2.19. The number of nitrogens with one attached hydrogen (secondary N) is 1. The highest BCUT2D eigenvalue weighted by atomic mass is 32.2. The number of benzene rings is 1. The summed E-state index contributed by atoms with van der Waals surface area (Å²) >= 11 is 0. The molecule has 0 spiro atoms. The number of carbonyl (C=O) groups excluding carboxylic acids is 1. The smallest absolute Gasteiger partial charge is 0.251 e. The van der Waals surface area contributed by atoms with E-state index in [0.717, 1.165) is 5.56 Å². The normalized spacial score (nSPS) is 12.0. The molecule has 0 saturated carbocycles. The van der Waals surface area contributed by atoms with Gasteiger partial charge in [0.1, 0.15) is 0 Å². The fraction of sp³-hybridized carbons (Fsp3) is 0.611. The van der Waals surface area contributed by atoms with Gasteiger partial charge in [-0.3, -0.25) is 4.79 Å². The molecule has 7 heteroatoms. The Morgan fingerprint density at radius 2 is 1.88 bits per heavy atom. The van der Waals surface area contributed by atoms with Gasteiger partial charge in [-0.15, -0.1) is 0 Å². The molecule has 0 atom stereocenters. The van der Waals surface area contributed by atoms with Crippen LogP contribution in [0.1, 0.15) is 50.0 Å². The van der Waals surface area contributed by atoms with Crippen LogP contribution in [0, 0.1) is 6.92 Å². The lowest BCUT2D eigenvalue weighted by atomic mass is 10.1. The topological polar surface area (TPSA) is 75.7 Å². The molecule has 0 fully saturated rings. The van der Waals surface area contributed by atoms with E-state index in [9.17, 15) is 13.2 Å². The van der Waals surface area contributed by atoms with Gasteiger partial charge in [-0.1, -0.05) is 19.9 Å².